The molecule has 0 amide bonds. The third-order valence-corrected chi connectivity index (χ3v) is 3.52. The zero-order valence-electron chi connectivity index (χ0n) is 12.1. The van der Waals surface area contributed by atoms with E-state index in [2.05, 4.69) is 19.9 Å². The van der Waals surface area contributed by atoms with Gasteiger partial charge in [-0.1, -0.05) is 29.4 Å². The zero-order valence-corrected chi connectivity index (χ0v) is 12.1. The quantitative estimate of drug-likeness (QED) is 0.459. The smallest absolute Gasteiger partial charge is 0.130 e. The minimum atomic E-state index is -0.864. The molecule has 0 fully saturated rings. The second-order valence-corrected chi connectivity index (χ2v) is 4.83. The molecule has 0 bridgehead atoms. The van der Waals surface area contributed by atoms with Crippen LogP contribution in [0.4, 0.5) is 4.39 Å². The lowest BCUT2D eigenvalue weighted by Crippen LogP contribution is -2.24. The van der Waals surface area contributed by atoms with Crippen molar-refractivity contribution in [2.24, 2.45) is 10.1 Å². The lowest BCUT2D eigenvalue weighted by molar-refractivity contribution is 0.0722. The second kappa shape index (κ2) is 7.06. The predicted molar refractivity (Wildman–Crippen MR) is 79.1 cm³/mol. The molecule has 1 heterocycles. The molecule has 0 saturated heterocycles. The number of likely N-dealkylation sites (N-methyl/N-ethyl adjacent to an activating group) is 1. The second-order valence-electron chi connectivity index (χ2n) is 4.83. The Morgan fingerprint density at radius 3 is 2.67 bits per heavy atom. The molecule has 0 aliphatic carbocycles. The predicted octanol–water partition coefficient (Wildman–Crippen LogP) is 2.71. The number of halogens is 1. The Hall–Kier alpha value is -2.11. The first-order valence-electron chi connectivity index (χ1n) is 6.70. The van der Waals surface area contributed by atoms with Gasteiger partial charge in [0.15, 0.2) is 0 Å². The lowest BCUT2D eigenvalue weighted by atomic mass is 10.0. The first kappa shape index (κ1) is 15.3. The number of hydrogen-bond donors (Lipinski definition) is 0. The standard InChI is InChI=1S/C14H18FN5O/c1-20-8-7-17-14(20)11-5-3-10(4-6-11)13(21-2)12(9-15)18-19-16/h3-6,12-13H,7-9H2,1-2H3/t12-,13-/m1/s1. The first-order chi connectivity index (χ1) is 10.2. The summed E-state index contributed by atoms with van der Waals surface area (Å²) in [6.45, 7) is 0.952. The van der Waals surface area contributed by atoms with E-state index >= 15 is 0 Å². The van der Waals surface area contributed by atoms with Gasteiger partial charge in [0.05, 0.1) is 18.7 Å². The Morgan fingerprint density at radius 2 is 2.19 bits per heavy atom. The van der Waals surface area contributed by atoms with Crippen molar-refractivity contribution in [3.63, 3.8) is 0 Å². The molecule has 112 valence electrons. The molecule has 1 aromatic rings. The molecule has 21 heavy (non-hydrogen) atoms. The van der Waals surface area contributed by atoms with E-state index in [4.69, 9.17) is 10.3 Å². The Balaban J connectivity index is 2.22. The zero-order chi connectivity index (χ0) is 15.2. The SMILES string of the molecule is CO[C@H](c1ccc(C2=NCCN2C)cc1)[C@@H](CF)N=[N+]=[N-]. The molecular weight excluding hydrogens is 273 g/mol. The van der Waals surface area contributed by atoms with E-state index in [0.29, 0.717) is 0 Å². The van der Waals surface area contributed by atoms with Crippen molar-refractivity contribution in [3.05, 3.63) is 45.8 Å². The summed E-state index contributed by atoms with van der Waals surface area (Å²) in [4.78, 5) is 9.21. The van der Waals surface area contributed by atoms with Crippen LogP contribution in [0.1, 0.15) is 17.2 Å². The van der Waals surface area contributed by atoms with Gasteiger partial charge in [0, 0.05) is 31.2 Å². The number of alkyl halides is 1. The van der Waals surface area contributed by atoms with Gasteiger partial charge in [0.25, 0.3) is 0 Å². The largest absolute Gasteiger partial charge is 0.376 e. The van der Waals surface area contributed by atoms with Crippen LogP contribution in [0.25, 0.3) is 10.4 Å². The molecular formula is C14H18FN5O. The topological polar surface area (TPSA) is 73.6 Å². The fraction of sp³-hybridized carbons (Fsp3) is 0.500. The maximum Gasteiger partial charge on any atom is 0.130 e. The number of rotatable bonds is 6. The Kier molecular flexibility index (Phi) is 5.14. The van der Waals surface area contributed by atoms with E-state index in [1.165, 1.54) is 7.11 Å². The summed E-state index contributed by atoms with van der Waals surface area (Å²) in [5.74, 6) is 0.951. The van der Waals surface area contributed by atoms with E-state index in [1.807, 2.05) is 31.3 Å². The van der Waals surface area contributed by atoms with Gasteiger partial charge in [-0.2, -0.15) is 0 Å². The van der Waals surface area contributed by atoms with Gasteiger partial charge in [0.1, 0.15) is 12.5 Å². The Labute approximate surface area is 122 Å². The van der Waals surface area contributed by atoms with Gasteiger partial charge >= 0.3 is 0 Å². The average Bonchev–Trinajstić information content (AvgIpc) is 2.94. The summed E-state index contributed by atoms with van der Waals surface area (Å²) < 4.78 is 18.3. The average molecular weight is 291 g/mol. The molecule has 7 heteroatoms. The molecule has 1 aliphatic rings. The van der Waals surface area contributed by atoms with Crippen LogP contribution >= 0.6 is 0 Å². The highest BCUT2D eigenvalue weighted by Gasteiger charge is 2.22. The molecule has 1 aliphatic heterocycles. The van der Waals surface area contributed by atoms with Crippen LogP contribution in [-0.4, -0.2) is 50.7 Å². The third-order valence-electron chi connectivity index (χ3n) is 3.52. The maximum absolute atomic E-state index is 13.0. The highest BCUT2D eigenvalue weighted by atomic mass is 19.1. The van der Waals surface area contributed by atoms with Gasteiger partial charge in [-0.3, -0.25) is 9.38 Å². The van der Waals surface area contributed by atoms with Gasteiger partial charge in [-0.25, -0.2) is 0 Å². The first-order valence-corrected chi connectivity index (χ1v) is 6.70. The fourth-order valence-corrected chi connectivity index (χ4v) is 2.42. The summed E-state index contributed by atoms with van der Waals surface area (Å²) in [5.41, 5.74) is 10.3. The van der Waals surface area contributed by atoms with Crippen molar-refractivity contribution in [2.45, 2.75) is 12.1 Å². The van der Waals surface area contributed by atoms with Crippen molar-refractivity contribution < 1.29 is 9.13 Å². The number of ether oxygens (including phenoxy) is 1. The lowest BCUT2D eigenvalue weighted by Gasteiger charge is -2.21. The van der Waals surface area contributed by atoms with Crippen molar-refractivity contribution in [2.75, 3.05) is 33.9 Å². The van der Waals surface area contributed by atoms with E-state index in [-0.39, 0.29) is 0 Å². The van der Waals surface area contributed by atoms with Crippen LogP contribution in [0.2, 0.25) is 0 Å². The van der Waals surface area contributed by atoms with Crippen LogP contribution in [0, 0.1) is 0 Å². The molecule has 0 aromatic heterocycles. The summed E-state index contributed by atoms with van der Waals surface area (Å²) in [6, 6.07) is 6.69. The number of aliphatic imine (C=N–C) groups is 1. The van der Waals surface area contributed by atoms with Crippen LogP contribution < -0.4 is 0 Å². The molecule has 2 rings (SSSR count). The fourth-order valence-electron chi connectivity index (χ4n) is 2.42. The summed E-state index contributed by atoms with van der Waals surface area (Å²) >= 11 is 0. The molecule has 0 radical (unpaired) electrons. The van der Waals surface area contributed by atoms with Crippen LogP contribution in [0.15, 0.2) is 34.4 Å². The number of azide groups is 1. The number of amidine groups is 1. The van der Waals surface area contributed by atoms with Gasteiger partial charge in [-0.05, 0) is 11.1 Å². The minimum Gasteiger partial charge on any atom is -0.376 e. The van der Waals surface area contributed by atoms with Crippen LogP contribution in [0.5, 0.6) is 0 Å². The molecule has 6 nitrogen and oxygen atoms in total. The van der Waals surface area contributed by atoms with Crippen molar-refractivity contribution in [3.8, 4) is 0 Å². The molecule has 2 atom stereocenters. The Morgan fingerprint density at radius 1 is 1.48 bits per heavy atom. The van der Waals surface area contributed by atoms with E-state index in [9.17, 15) is 4.39 Å². The van der Waals surface area contributed by atoms with Crippen LogP contribution in [0.3, 0.4) is 0 Å². The molecule has 0 N–H and O–H groups in total. The number of benzene rings is 1. The number of nitrogens with zero attached hydrogens (tertiary/aromatic N) is 5. The van der Waals surface area contributed by atoms with Crippen molar-refractivity contribution in [1.82, 2.24) is 4.90 Å². The number of methoxy groups -OCH3 is 1. The summed E-state index contributed by atoms with van der Waals surface area (Å²) in [7, 11) is 3.47. The highest BCUT2D eigenvalue weighted by molar-refractivity contribution is 5.99. The normalized spacial score (nSPS) is 17.1. The molecule has 0 unspecified atom stereocenters. The van der Waals surface area contributed by atoms with E-state index in [1.54, 1.807) is 0 Å². The highest BCUT2D eigenvalue weighted by Crippen LogP contribution is 2.24. The third kappa shape index (κ3) is 3.32. The monoisotopic (exact) mass is 291 g/mol. The molecule has 0 saturated carbocycles. The van der Waals surface area contributed by atoms with Crippen molar-refractivity contribution >= 4 is 5.84 Å². The molecule has 1 aromatic carbocycles. The van der Waals surface area contributed by atoms with E-state index < -0.39 is 18.8 Å². The van der Waals surface area contributed by atoms with Gasteiger partial charge in [-0.15, -0.1) is 0 Å². The van der Waals surface area contributed by atoms with E-state index in [0.717, 1.165) is 30.1 Å². The maximum atomic E-state index is 13.0. The molecule has 0 spiro atoms. The van der Waals surface area contributed by atoms with Gasteiger partial charge < -0.3 is 9.64 Å². The number of hydrogen-bond acceptors (Lipinski definition) is 4. The Bertz CT molecular complexity index is 553. The summed E-state index contributed by atoms with van der Waals surface area (Å²) in [5, 5.41) is 3.45. The van der Waals surface area contributed by atoms with Crippen molar-refractivity contribution in [1.29, 1.82) is 0 Å². The summed E-state index contributed by atoms with van der Waals surface area (Å²) in [6.07, 6.45) is -0.594. The van der Waals surface area contributed by atoms with Gasteiger partial charge in [0.2, 0.25) is 0 Å². The van der Waals surface area contributed by atoms with Crippen LogP contribution in [-0.2, 0) is 4.74 Å². The minimum absolute atomic E-state index is 0.594.